The minimum Gasteiger partial charge on any atom is -0.363 e. The van der Waals surface area contributed by atoms with Gasteiger partial charge in [0, 0.05) is 11.4 Å². The molecule has 0 aliphatic carbocycles. The fourth-order valence-electron chi connectivity index (χ4n) is 0.872. The summed E-state index contributed by atoms with van der Waals surface area (Å²) in [7, 11) is 0. The molecule has 0 fully saturated rings. The Kier molecular flexibility index (Phi) is 6.03. The molecule has 1 nitrogen and oxygen atoms in total. The fraction of sp³-hybridized carbons (Fsp3) is 0.500. The van der Waals surface area contributed by atoms with Gasteiger partial charge in [0.15, 0.2) is 0 Å². The SMILES string of the molecule is C=C(CC)N/C(C)=C(C)/C=C\CC. The van der Waals surface area contributed by atoms with Crippen LogP contribution in [0.2, 0.25) is 0 Å². The first kappa shape index (κ1) is 12.0. The Morgan fingerprint density at radius 2 is 1.92 bits per heavy atom. The molecule has 13 heavy (non-hydrogen) atoms. The van der Waals surface area contributed by atoms with Gasteiger partial charge in [-0.3, -0.25) is 0 Å². The molecule has 0 heterocycles. The highest BCUT2D eigenvalue weighted by Crippen LogP contribution is 2.05. The third-order valence-electron chi connectivity index (χ3n) is 1.99. The van der Waals surface area contributed by atoms with Crippen molar-refractivity contribution >= 4 is 0 Å². The van der Waals surface area contributed by atoms with Crippen molar-refractivity contribution in [3.05, 3.63) is 35.7 Å². The second-order valence-electron chi connectivity index (χ2n) is 3.20. The zero-order chi connectivity index (χ0) is 10.3. The van der Waals surface area contributed by atoms with Crippen LogP contribution in [0.15, 0.2) is 35.7 Å². The molecule has 0 radical (unpaired) electrons. The molecule has 0 amide bonds. The lowest BCUT2D eigenvalue weighted by Gasteiger charge is -2.09. The van der Waals surface area contributed by atoms with Gasteiger partial charge in [0.2, 0.25) is 0 Å². The quantitative estimate of drug-likeness (QED) is 0.634. The summed E-state index contributed by atoms with van der Waals surface area (Å²) < 4.78 is 0. The summed E-state index contributed by atoms with van der Waals surface area (Å²) in [5.74, 6) is 0. The Balaban J connectivity index is 4.26. The molecule has 0 bridgehead atoms. The average molecular weight is 179 g/mol. The van der Waals surface area contributed by atoms with Crippen molar-refractivity contribution in [2.75, 3.05) is 0 Å². The standard InChI is InChI=1S/C12H21N/c1-6-8-9-10(3)12(5)13-11(4)7-2/h8-9,13H,4,6-7H2,1-3,5H3/b9-8-,12-10+. The van der Waals surface area contributed by atoms with E-state index in [1.807, 2.05) is 0 Å². The number of rotatable bonds is 5. The molecule has 0 aromatic heterocycles. The summed E-state index contributed by atoms with van der Waals surface area (Å²) in [6.45, 7) is 12.3. The van der Waals surface area contributed by atoms with Gasteiger partial charge in [0.25, 0.3) is 0 Å². The molecule has 0 aromatic carbocycles. The zero-order valence-corrected chi connectivity index (χ0v) is 9.28. The lowest BCUT2D eigenvalue weighted by atomic mass is 10.2. The molecule has 0 saturated carbocycles. The molecule has 1 N–H and O–H groups in total. The zero-order valence-electron chi connectivity index (χ0n) is 9.28. The van der Waals surface area contributed by atoms with E-state index < -0.39 is 0 Å². The second-order valence-corrected chi connectivity index (χ2v) is 3.20. The minimum atomic E-state index is 0.974. The monoisotopic (exact) mass is 179 g/mol. The number of nitrogens with one attached hydrogen (secondary N) is 1. The predicted molar refractivity (Wildman–Crippen MR) is 60.4 cm³/mol. The maximum atomic E-state index is 3.91. The van der Waals surface area contributed by atoms with Gasteiger partial charge < -0.3 is 5.32 Å². The van der Waals surface area contributed by atoms with Crippen LogP contribution in [0.25, 0.3) is 0 Å². The van der Waals surface area contributed by atoms with Crippen LogP contribution >= 0.6 is 0 Å². The van der Waals surface area contributed by atoms with Crippen LogP contribution in [0.5, 0.6) is 0 Å². The molecule has 0 aliphatic heterocycles. The molecule has 1 heteroatoms. The van der Waals surface area contributed by atoms with Crippen LogP contribution < -0.4 is 5.32 Å². The molecule has 0 aliphatic rings. The van der Waals surface area contributed by atoms with E-state index in [9.17, 15) is 0 Å². The molecular weight excluding hydrogens is 158 g/mol. The highest BCUT2D eigenvalue weighted by atomic mass is 14.9. The summed E-state index contributed by atoms with van der Waals surface area (Å²) in [6, 6.07) is 0. The van der Waals surface area contributed by atoms with Gasteiger partial charge in [-0.25, -0.2) is 0 Å². The molecule has 0 aromatic rings. The molecular formula is C12H21N. The first-order valence-electron chi connectivity index (χ1n) is 4.90. The smallest absolute Gasteiger partial charge is 0.0146 e. The molecule has 0 unspecified atom stereocenters. The molecule has 74 valence electrons. The summed E-state index contributed by atoms with van der Waals surface area (Å²) in [6.07, 6.45) is 6.36. The fourth-order valence-corrected chi connectivity index (χ4v) is 0.872. The highest BCUT2D eigenvalue weighted by Gasteiger charge is 1.93. The summed E-state index contributed by atoms with van der Waals surface area (Å²) in [5, 5.41) is 3.27. The van der Waals surface area contributed by atoms with E-state index in [1.165, 1.54) is 11.3 Å². The van der Waals surface area contributed by atoms with Gasteiger partial charge in [-0.2, -0.15) is 0 Å². The third-order valence-corrected chi connectivity index (χ3v) is 1.99. The average Bonchev–Trinajstić information content (AvgIpc) is 2.13. The Labute approximate surface area is 82.2 Å². The maximum absolute atomic E-state index is 3.91. The van der Waals surface area contributed by atoms with Crippen molar-refractivity contribution in [1.29, 1.82) is 0 Å². The third kappa shape index (κ3) is 5.29. The van der Waals surface area contributed by atoms with Crippen molar-refractivity contribution in [2.24, 2.45) is 0 Å². The Bertz CT molecular complexity index is 221. The van der Waals surface area contributed by atoms with Crippen molar-refractivity contribution < 1.29 is 0 Å². The van der Waals surface area contributed by atoms with Crippen LogP contribution in [0.1, 0.15) is 40.5 Å². The van der Waals surface area contributed by atoms with Gasteiger partial charge >= 0.3 is 0 Å². The first-order valence-corrected chi connectivity index (χ1v) is 4.90. The van der Waals surface area contributed by atoms with E-state index in [0.29, 0.717) is 0 Å². The Morgan fingerprint density at radius 3 is 2.38 bits per heavy atom. The normalized spacial score (nSPS) is 12.9. The Hall–Kier alpha value is -0.980. The first-order chi connectivity index (χ1) is 6.11. The lowest BCUT2D eigenvalue weighted by molar-refractivity contribution is 0.887. The van der Waals surface area contributed by atoms with Crippen molar-refractivity contribution in [1.82, 2.24) is 5.32 Å². The number of hydrogen-bond donors (Lipinski definition) is 1. The predicted octanol–water partition coefficient (Wildman–Crippen LogP) is 3.76. The van der Waals surface area contributed by atoms with E-state index >= 15 is 0 Å². The molecule has 0 saturated heterocycles. The van der Waals surface area contributed by atoms with Crippen LogP contribution in [-0.2, 0) is 0 Å². The number of hydrogen-bond acceptors (Lipinski definition) is 1. The van der Waals surface area contributed by atoms with Gasteiger partial charge in [-0.15, -0.1) is 0 Å². The molecule has 0 spiro atoms. The van der Waals surface area contributed by atoms with Crippen molar-refractivity contribution in [2.45, 2.75) is 40.5 Å². The van der Waals surface area contributed by atoms with Gasteiger partial charge in [-0.05, 0) is 32.3 Å². The van der Waals surface area contributed by atoms with E-state index in [1.54, 1.807) is 0 Å². The van der Waals surface area contributed by atoms with Crippen LogP contribution in [0.3, 0.4) is 0 Å². The molecule has 0 rings (SSSR count). The second kappa shape index (κ2) is 6.53. The van der Waals surface area contributed by atoms with Crippen LogP contribution in [0, 0.1) is 0 Å². The van der Waals surface area contributed by atoms with Gasteiger partial charge in [0.05, 0.1) is 0 Å². The van der Waals surface area contributed by atoms with E-state index in [4.69, 9.17) is 0 Å². The van der Waals surface area contributed by atoms with Crippen molar-refractivity contribution in [3.8, 4) is 0 Å². The Morgan fingerprint density at radius 1 is 1.31 bits per heavy atom. The van der Waals surface area contributed by atoms with E-state index in [2.05, 4.69) is 51.7 Å². The van der Waals surface area contributed by atoms with E-state index in [-0.39, 0.29) is 0 Å². The topological polar surface area (TPSA) is 12.0 Å². The lowest BCUT2D eigenvalue weighted by Crippen LogP contribution is -2.09. The van der Waals surface area contributed by atoms with Crippen molar-refractivity contribution in [3.63, 3.8) is 0 Å². The maximum Gasteiger partial charge on any atom is 0.0146 e. The molecule has 0 atom stereocenters. The number of allylic oxidation sites excluding steroid dienone is 5. The summed E-state index contributed by atoms with van der Waals surface area (Å²) in [5.41, 5.74) is 3.54. The summed E-state index contributed by atoms with van der Waals surface area (Å²) >= 11 is 0. The van der Waals surface area contributed by atoms with Crippen LogP contribution in [0.4, 0.5) is 0 Å². The highest BCUT2D eigenvalue weighted by molar-refractivity contribution is 5.23. The summed E-state index contributed by atoms with van der Waals surface area (Å²) in [4.78, 5) is 0. The van der Waals surface area contributed by atoms with E-state index in [0.717, 1.165) is 18.5 Å². The van der Waals surface area contributed by atoms with Crippen LogP contribution in [-0.4, -0.2) is 0 Å². The minimum absolute atomic E-state index is 0.974. The largest absolute Gasteiger partial charge is 0.363 e. The van der Waals surface area contributed by atoms with Gasteiger partial charge in [0.1, 0.15) is 0 Å². The van der Waals surface area contributed by atoms with Gasteiger partial charge in [-0.1, -0.05) is 32.6 Å².